The van der Waals surface area contributed by atoms with Gasteiger partial charge in [0.05, 0.1) is 31.2 Å². The number of amides is 2. The molecule has 0 radical (unpaired) electrons. The zero-order valence-electron chi connectivity index (χ0n) is 25.2. The van der Waals surface area contributed by atoms with E-state index < -0.39 is 62.4 Å². The lowest BCUT2D eigenvalue weighted by Gasteiger charge is -2.35. The third-order valence-electron chi connectivity index (χ3n) is 6.65. The number of halogens is 6. The molecule has 0 heterocycles. The van der Waals surface area contributed by atoms with E-state index in [1.165, 1.54) is 41.3 Å². The third-order valence-corrected chi connectivity index (χ3v) is 9.51. The Bertz CT molecular complexity index is 1660. The van der Waals surface area contributed by atoms with E-state index in [1.54, 1.807) is 40.7 Å². The van der Waals surface area contributed by atoms with Crippen molar-refractivity contribution in [2.24, 2.45) is 0 Å². The van der Waals surface area contributed by atoms with Gasteiger partial charge in [0, 0.05) is 12.1 Å². The van der Waals surface area contributed by atoms with Gasteiger partial charge in [-0.1, -0.05) is 65.5 Å². The number of sulfonamides is 1. The molecule has 0 saturated carbocycles. The number of rotatable bonds is 10. The molecule has 3 aromatic carbocycles. The van der Waals surface area contributed by atoms with Crippen LogP contribution in [-0.4, -0.2) is 43.3 Å². The number of hydrogen-bond acceptors (Lipinski definition) is 4. The molecule has 0 fully saturated rings. The number of carbonyl (C=O) groups is 2. The number of benzene rings is 3. The van der Waals surface area contributed by atoms with Crippen LogP contribution in [0.2, 0.25) is 15.1 Å². The second-order valence-electron chi connectivity index (χ2n) is 11.4. The van der Waals surface area contributed by atoms with Crippen molar-refractivity contribution in [1.82, 2.24) is 10.2 Å². The number of nitrogens with one attached hydrogen (secondary N) is 1. The quantitative estimate of drug-likeness (QED) is 0.232. The van der Waals surface area contributed by atoms with Gasteiger partial charge in [-0.3, -0.25) is 13.9 Å². The van der Waals surface area contributed by atoms with Crippen molar-refractivity contribution in [3.63, 3.8) is 0 Å². The summed E-state index contributed by atoms with van der Waals surface area (Å²) in [4.78, 5) is 28.5. The molecule has 7 nitrogen and oxygen atoms in total. The van der Waals surface area contributed by atoms with Crippen molar-refractivity contribution < 1.29 is 31.2 Å². The Morgan fingerprint density at radius 3 is 2.02 bits per heavy atom. The van der Waals surface area contributed by atoms with Crippen LogP contribution in [0.3, 0.4) is 0 Å². The minimum atomic E-state index is -4.91. The highest BCUT2D eigenvalue weighted by atomic mass is 35.5. The summed E-state index contributed by atoms with van der Waals surface area (Å²) < 4.78 is 70.0. The van der Waals surface area contributed by atoms with Gasteiger partial charge in [-0.15, -0.1) is 0 Å². The molecule has 0 spiro atoms. The van der Waals surface area contributed by atoms with Crippen LogP contribution in [0.4, 0.5) is 18.9 Å². The Labute approximate surface area is 276 Å². The van der Waals surface area contributed by atoms with Crippen molar-refractivity contribution in [2.45, 2.75) is 70.2 Å². The average Bonchev–Trinajstić information content (AvgIpc) is 2.92. The summed E-state index contributed by atoms with van der Waals surface area (Å²) in [6.45, 7) is 7.58. The summed E-state index contributed by atoms with van der Waals surface area (Å²) in [5, 5.41) is 2.65. The maximum atomic E-state index is 14.2. The van der Waals surface area contributed by atoms with Crippen molar-refractivity contribution in [2.75, 3.05) is 10.8 Å². The summed E-state index contributed by atoms with van der Waals surface area (Å²) >= 11 is 18.1. The van der Waals surface area contributed by atoms with Gasteiger partial charge in [-0.25, -0.2) is 8.42 Å². The maximum Gasteiger partial charge on any atom is 0.417 e. The summed E-state index contributed by atoms with van der Waals surface area (Å²) in [6, 6.07) is 11.8. The van der Waals surface area contributed by atoms with Crippen LogP contribution >= 0.6 is 34.8 Å². The largest absolute Gasteiger partial charge is 0.417 e. The Hall–Kier alpha value is -2.99. The molecule has 3 rings (SSSR count). The van der Waals surface area contributed by atoms with Gasteiger partial charge in [0.25, 0.3) is 10.0 Å². The molecule has 0 unspecified atom stereocenters. The number of carbonyl (C=O) groups excluding carboxylic acids is 2. The van der Waals surface area contributed by atoms with Crippen molar-refractivity contribution in [1.29, 1.82) is 0 Å². The minimum Gasteiger partial charge on any atom is -0.350 e. The van der Waals surface area contributed by atoms with E-state index in [0.29, 0.717) is 15.9 Å². The fourth-order valence-corrected chi connectivity index (χ4v) is 6.41. The van der Waals surface area contributed by atoms with Gasteiger partial charge in [0.1, 0.15) is 12.6 Å². The number of aryl methyl sites for hydroxylation is 1. The highest BCUT2D eigenvalue weighted by molar-refractivity contribution is 7.92. The SMILES string of the molecule is CC[C@H](C(=O)NC(C)(C)C)N(Cc1ccc(Cl)c(Cl)c1)C(=O)CN(c1ccc(Cl)c(C(F)(F)F)c1)S(=O)(=O)c1ccc(C)cc1. The van der Waals surface area contributed by atoms with E-state index in [-0.39, 0.29) is 27.9 Å². The molecule has 2 amide bonds. The zero-order chi connectivity index (χ0) is 33.9. The fourth-order valence-electron chi connectivity index (χ4n) is 4.46. The van der Waals surface area contributed by atoms with Crippen LogP contribution in [0.1, 0.15) is 50.8 Å². The van der Waals surface area contributed by atoms with Crippen LogP contribution in [0.25, 0.3) is 0 Å². The van der Waals surface area contributed by atoms with Crippen molar-refractivity contribution in [3.8, 4) is 0 Å². The molecule has 1 N–H and O–H groups in total. The number of hydrogen-bond donors (Lipinski definition) is 1. The second kappa shape index (κ2) is 14.2. The van der Waals surface area contributed by atoms with Crippen molar-refractivity contribution >= 4 is 62.3 Å². The van der Waals surface area contributed by atoms with Crippen LogP contribution in [0.15, 0.2) is 65.6 Å². The van der Waals surface area contributed by atoms with Crippen LogP contribution < -0.4 is 9.62 Å². The molecule has 0 bridgehead atoms. The van der Waals surface area contributed by atoms with E-state index in [9.17, 15) is 31.2 Å². The molecular weight excluding hydrogens is 674 g/mol. The topological polar surface area (TPSA) is 86.8 Å². The molecule has 0 aliphatic heterocycles. The number of nitrogens with zero attached hydrogens (tertiary/aromatic N) is 2. The zero-order valence-corrected chi connectivity index (χ0v) is 28.3. The predicted molar refractivity (Wildman–Crippen MR) is 171 cm³/mol. The second-order valence-corrected chi connectivity index (χ2v) is 14.5. The first-order valence-electron chi connectivity index (χ1n) is 13.8. The fraction of sp³-hybridized carbons (Fsp3) is 0.355. The van der Waals surface area contributed by atoms with E-state index >= 15 is 0 Å². The first-order valence-corrected chi connectivity index (χ1v) is 16.3. The molecule has 3 aromatic rings. The normalized spacial score (nSPS) is 12.9. The molecule has 1 atom stereocenters. The standard InChI is InChI=1S/C31H33Cl3F3N3O4S/c1-6-27(29(42)38-30(3,4)5)39(17-20-9-13-25(33)26(34)15-20)28(41)18-40(45(43,44)22-11-7-19(2)8-12-22)21-10-14-24(32)23(16-21)31(35,36)37/h7-16,27H,6,17-18H2,1-5H3,(H,38,42)/t27-/m1/s1. The van der Waals surface area contributed by atoms with E-state index in [1.807, 2.05) is 0 Å². The van der Waals surface area contributed by atoms with Crippen LogP contribution in [0.5, 0.6) is 0 Å². The van der Waals surface area contributed by atoms with Gasteiger partial charge in [0.15, 0.2) is 0 Å². The van der Waals surface area contributed by atoms with Crippen molar-refractivity contribution in [3.05, 3.63) is 92.4 Å². The lowest BCUT2D eigenvalue weighted by Crippen LogP contribution is -2.55. The summed E-state index contributed by atoms with van der Waals surface area (Å²) in [7, 11) is -4.60. The highest BCUT2D eigenvalue weighted by Crippen LogP contribution is 2.38. The van der Waals surface area contributed by atoms with Gasteiger partial charge < -0.3 is 10.2 Å². The maximum absolute atomic E-state index is 14.2. The highest BCUT2D eigenvalue weighted by Gasteiger charge is 2.37. The van der Waals surface area contributed by atoms with Gasteiger partial charge in [-0.2, -0.15) is 13.2 Å². The van der Waals surface area contributed by atoms with Crippen LogP contribution in [0, 0.1) is 6.92 Å². The molecular formula is C31H33Cl3F3N3O4S. The number of alkyl halides is 3. The smallest absolute Gasteiger partial charge is 0.350 e. The molecule has 14 heteroatoms. The van der Waals surface area contributed by atoms with Gasteiger partial charge in [-0.05, 0) is 82.1 Å². The molecule has 244 valence electrons. The monoisotopic (exact) mass is 705 g/mol. The Morgan fingerprint density at radius 2 is 1.49 bits per heavy atom. The molecule has 0 aromatic heterocycles. The van der Waals surface area contributed by atoms with E-state index in [2.05, 4.69) is 5.32 Å². The van der Waals surface area contributed by atoms with E-state index in [0.717, 1.165) is 17.7 Å². The molecule has 0 saturated heterocycles. The summed E-state index contributed by atoms with van der Waals surface area (Å²) in [5.41, 5.74) is -1.16. The number of anilines is 1. The minimum absolute atomic E-state index is 0.138. The first-order chi connectivity index (χ1) is 20.7. The molecule has 0 aliphatic rings. The molecule has 0 aliphatic carbocycles. The Morgan fingerprint density at radius 1 is 0.889 bits per heavy atom. The predicted octanol–water partition coefficient (Wildman–Crippen LogP) is 7.89. The van der Waals surface area contributed by atoms with E-state index in [4.69, 9.17) is 34.8 Å². The summed E-state index contributed by atoms with van der Waals surface area (Å²) in [5.74, 6) is -1.35. The Kier molecular flexibility index (Phi) is 11.5. The van der Waals surface area contributed by atoms with Gasteiger partial charge >= 0.3 is 6.18 Å². The third kappa shape index (κ3) is 9.28. The summed E-state index contributed by atoms with van der Waals surface area (Å²) in [6.07, 6.45) is -4.77. The lowest BCUT2D eigenvalue weighted by molar-refractivity contribution is -0.141. The Balaban J connectivity index is 2.18. The average molecular weight is 707 g/mol. The first kappa shape index (κ1) is 36.5. The van der Waals surface area contributed by atoms with Crippen LogP contribution in [-0.2, 0) is 32.3 Å². The lowest BCUT2D eigenvalue weighted by atomic mass is 10.1. The molecule has 45 heavy (non-hydrogen) atoms. The van der Waals surface area contributed by atoms with Gasteiger partial charge in [0.2, 0.25) is 11.8 Å².